The summed E-state index contributed by atoms with van der Waals surface area (Å²) in [6.45, 7) is 0.160. The number of carbonyl (C=O) groups excluding carboxylic acids is 1. The van der Waals surface area contributed by atoms with Crippen molar-refractivity contribution < 1.29 is 32.6 Å². The van der Waals surface area contributed by atoms with Gasteiger partial charge >= 0.3 is 12.1 Å². The van der Waals surface area contributed by atoms with E-state index in [4.69, 9.17) is 9.84 Å². The summed E-state index contributed by atoms with van der Waals surface area (Å²) in [5.41, 5.74) is 0.458. The molecule has 0 aliphatic carbocycles. The highest BCUT2D eigenvalue weighted by molar-refractivity contribution is 5.96. The average molecular weight is 445 g/mol. The molecule has 1 heterocycles. The Labute approximate surface area is 180 Å². The molecule has 0 aliphatic rings. The van der Waals surface area contributed by atoms with Crippen LogP contribution in [0, 0.1) is 0 Å². The summed E-state index contributed by atoms with van der Waals surface area (Å²) in [4.78, 5) is 26.8. The van der Waals surface area contributed by atoms with Crippen molar-refractivity contribution >= 4 is 23.3 Å². The van der Waals surface area contributed by atoms with Gasteiger partial charge < -0.3 is 20.5 Å². The molecule has 1 amide bonds. The SMILES string of the molecule is COc1ccc(C(=O)NCc2ccc(C(=O)O)cc2)cc1Nc1ccnc(C(F)(F)F)c1. The first kappa shape index (κ1) is 22.6. The number of benzene rings is 2. The third-order valence-electron chi connectivity index (χ3n) is 4.45. The van der Waals surface area contributed by atoms with Crippen LogP contribution in [0.2, 0.25) is 0 Å². The molecule has 3 rings (SSSR count). The Morgan fingerprint density at radius 2 is 1.72 bits per heavy atom. The second-order valence-electron chi connectivity index (χ2n) is 6.65. The molecule has 0 saturated carbocycles. The molecule has 0 fully saturated rings. The van der Waals surface area contributed by atoms with Crippen LogP contribution < -0.4 is 15.4 Å². The average Bonchev–Trinajstić information content (AvgIpc) is 2.77. The van der Waals surface area contributed by atoms with Gasteiger partial charge in [0.05, 0.1) is 18.4 Å². The fourth-order valence-corrected chi connectivity index (χ4v) is 2.82. The van der Waals surface area contributed by atoms with Gasteiger partial charge in [-0.1, -0.05) is 12.1 Å². The molecule has 0 bridgehead atoms. The highest BCUT2D eigenvalue weighted by Gasteiger charge is 2.32. The van der Waals surface area contributed by atoms with Crippen molar-refractivity contribution in [3.05, 3.63) is 83.2 Å². The minimum atomic E-state index is -4.59. The number of hydrogen-bond acceptors (Lipinski definition) is 5. The third kappa shape index (κ3) is 5.54. The second kappa shape index (κ2) is 9.38. The summed E-state index contributed by atoms with van der Waals surface area (Å²) in [6.07, 6.45) is -3.56. The largest absolute Gasteiger partial charge is 0.495 e. The van der Waals surface area contributed by atoms with Crippen molar-refractivity contribution in [2.24, 2.45) is 0 Å². The van der Waals surface area contributed by atoms with Crippen molar-refractivity contribution in [2.75, 3.05) is 12.4 Å². The number of aromatic carboxylic acids is 1. The zero-order chi connectivity index (χ0) is 23.3. The Hall–Kier alpha value is -4.08. The molecule has 0 spiro atoms. The lowest BCUT2D eigenvalue weighted by Gasteiger charge is -2.14. The number of aromatic nitrogens is 1. The standard InChI is InChI=1S/C22H18F3N3O4/c1-32-18-7-6-15(20(29)27-12-13-2-4-14(5-3-13)21(30)31)10-17(18)28-16-8-9-26-19(11-16)22(23,24)25/h2-11H,12H2,1H3,(H,26,28)(H,27,29)(H,30,31). The van der Waals surface area contributed by atoms with E-state index in [1.807, 2.05) is 0 Å². The van der Waals surface area contributed by atoms with E-state index in [1.165, 1.54) is 43.5 Å². The van der Waals surface area contributed by atoms with Crippen LogP contribution in [0.3, 0.4) is 0 Å². The van der Waals surface area contributed by atoms with Crippen molar-refractivity contribution in [3.63, 3.8) is 0 Å². The van der Waals surface area contributed by atoms with Crippen molar-refractivity contribution in [1.82, 2.24) is 10.3 Å². The fraction of sp³-hybridized carbons (Fsp3) is 0.136. The van der Waals surface area contributed by atoms with E-state index in [9.17, 15) is 22.8 Å². The number of anilines is 2. The van der Waals surface area contributed by atoms with Gasteiger partial charge in [-0.15, -0.1) is 0 Å². The number of carboxylic acid groups (broad SMARTS) is 1. The topological polar surface area (TPSA) is 101 Å². The fourth-order valence-electron chi connectivity index (χ4n) is 2.82. The molecule has 7 nitrogen and oxygen atoms in total. The second-order valence-corrected chi connectivity index (χ2v) is 6.65. The number of ether oxygens (including phenoxy) is 1. The van der Waals surface area contributed by atoms with Crippen LogP contribution in [-0.4, -0.2) is 29.1 Å². The Bertz CT molecular complexity index is 1130. The van der Waals surface area contributed by atoms with Crippen LogP contribution in [0.25, 0.3) is 0 Å². The molecule has 166 valence electrons. The van der Waals surface area contributed by atoms with Crippen molar-refractivity contribution in [1.29, 1.82) is 0 Å². The first-order chi connectivity index (χ1) is 15.2. The molecule has 1 aromatic heterocycles. The van der Waals surface area contributed by atoms with Crippen LogP contribution >= 0.6 is 0 Å². The number of alkyl halides is 3. The molecule has 3 N–H and O–H groups in total. The number of pyridine rings is 1. The van der Waals surface area contributed by atoms with Crippen LogP contribution in [0.1, 0.15) is 32.0 Å². The highest BCUT2D eigenvalue weighted by atomic mass is 19.4. The van der Waals surface area contributed by atoms with E-state index >= 15 is 0 Å². The minimum Gasteiger partial charge on any atom is -0.495 e. The van der Waals surface area contributed by atoms with Gasteiger partial charge in [-0.3, -0.25) is 9.78 Å². The smallest absolute Gasteiger partial charge is 0.433 e. The molecule has 32 heavy (non-hydrogen) atoms. The maximum atomic E-state index is 12.9. The number of nitrogens with one attached hydrogen (secondary N) is 2. The maximum Gasteiger partial charge on any atom is 0.433 e. The number of carbonyl (C=O) groups is 2. The van der Waals surface area contributed by atoms with Crippen LogP contribution in [0.15, 0.2) is 60.8 Å². The van der Waals surface area contributed by atoms with E-state index in [1.54, 1.807) is 12.1 Å². The van der Waals surface area contributed by atoms with Gasteiger partial charge in [0.25, 0.3) is 5.91 Å². The molecule has 0 atom stereocenters. The van der Waals surface area contributed by atoms with Crippen LogP contribution in [-0.2, 0) is 12.7 Å². The van der Waals surface area contributed by atoms with Gasteiger partial charge in [0.1, 0.15) is 11.4 Å². The van der Waals surface area contributed by atoms with Gasteiger partial charge in [0.15, 0.2) is 0 Å². The van der Waals surface area contributed by atoms with Gasteiger partial charge in [0.2, 0.25) is 0 Å². The van der Waals surface area contributed by atoms with E-state index in [2.05, 4.69) is 15.6 Å². The predicted molar refractivity (Wildman–Crippen MR) is 110 cm³/mol. The summed E-state index contributed by atoms with van der Waals surface area (Å²) >= 11 is 0. The lowest BCUT2D eigenvalue weighted by atomic mass is 10.1. The molecule has 2 aromatic carbocycles. The first-order valence-electron chi connectivity index (χ1n) is 9.26. The number of rotatable bonds is 7. The molecular weight excluding hydrogens is 427 g/mol. The van der Waals surface area contributed by atoms with Crippen molar-refractivity contribution in [2.45, 2.75) is 12.7 Å². The first-order valence-corrected chi connectivity index (χ1v) is 9.26. The molecule has 0 unspecified atom stereocenters. The number of nitrogens with zero attached hydrogens (tertiary/aromatic N) is 1. The van der Waals surface area contributed by atoms with Gasteiger partial charge in [0, 0.05) is 24.0 Å². The van der Waals surface area contributed by atoms with Gasteiger partial charge in [-0.2, -0.15) is 13.2 Å². The molecular formula is C22H18F3N3O4. The maximum absolute atomic E-state index is 12.9. The monoisotopic (exact) mass is 445 g/mol. The van der Waals surface area contributed by atoms with E-state index < -0.39 is 23.7 Å². The zero-order valence-electron chi connectivity index (χ0n) is 16.7. The molecule has 10 heteroatoms. The normalized spacial score (nSPS) is 11.0. The van der Waals surface area contributed by atoms with E-state index in [0.29, 0.717) is 17.0 Å². The molecule has 0 radical (unpaired) electrons. The Balaban J connectivity index is 1.75. The summed E-state index contributed by atoms with van der Waals surface area (Å²) in [7, 11) is 1.40. The lowest BCUT2D eigenvalue weighted by Crippen LogP contribution is -2.22. The summed E-state index contributed by atoms with van der Waals surface area (Å²) < 4.78 is 44.0. The lowest BCUT2D eigenvalue weighted by molar-refractivity contribution is -0.141. The van der Waals surface area contributed by atoms with Crippen molar-refractivity contribution in [3.8, 4) is 5.75 Å². The predicted octanol–water partition coefficient (Wildman–Crippen LogP) is 4.48. The Morgan fingerprint density at radius 3 is 2.34 bits per heavy atom. The van der Waals surface area contributed by atoms with Gasteiger partial charge in [-0.05, 0) is 48.0 Å². The van der Waals surface area contributed by atoms with E-state index in [0.717, 1.165) is 12.3 Å². The number of carboxylic acids is 1. The summed E-state index contributed by atoms with van der Waals surface area (Å²) in [5.74, 6) is -1.14. The quantitative estimate of drug-likeness (QED) is 0.496. The van der Waals surface area contributed by atoms with E-state index in [-0.39, 0.29) is 23.4 Å². The van der Waals surface area contributed by atoms with Crippen LogP contribution in [0.4, 0.5) is 24.5 Å². The minimum absolute atomic E-state index is 0.127. The van der Waals surface area contributed by atoms with Gasteiger partial charge in [-0.25, -0.2) is 4.79 Å². The van der Waals surface area contributed by atoms with Crippen LogP contribution in [0.5, 0.6) is 5.75 Å². The number of halogens is 3. The number of methoxy groups -OCH3 is 1. The third-order valence-corrected chi connectivity index (χ3v) is 4.45. The Morgan fingerprint density at radius 1 is 1.03 bits per heavy atom. The summed E-state index contributed by atoms with van der Waals surface area (Å²) in [6, 6.07) is 12.8. The number of hydrogen-bond donors (Lipinski definition) is 3. The summed E-state index contributed by atoms with van der Waals surface area (Å²) in [5, 5.41) is 14.5. The molecule has 3 aromatic rings. The molecule has 0 saturated heterocycles. The highest BCUT2D eigenvalue weighted by Crippen LogP contribution is 2.32. The molecule has 0 aliphatic heterocycles. The number of amides is 1. The Kier molecular flexibility index (Phi) is 6.62. The zero-order valence-corrected chi connectivity index (χ0v) is 16.7.